The minimum Gasteiger partial charge on any atom is -0.390 e. The van der Waals surface area contributed by atoms with Crippen molar-refractivity contribution in [3.63, 3.8) is 0 Å². The number of halogens is 1. The van der Waals surface area contributed by atoms with Crippen LogP contribution < -0.4 is 5.32 Å². The van der Waals surface area contributed by atoms with E-state index in [2.05, 4.69) is 15.3 Å². The van der Waals surface area contributed by atoms with Gasteiger partial charge in [0.2, 0.25) is 0 Å². The third-order valence-corrected chi connectivity index (χ3v) is 6.73. The molecule has 164 valence electrons. The van der Waals surface area contributed by atoms with Crippen LogP contribution in [0, 0.1) is 17.7 Å². The molecule has 2 aromatic carbocycles. The van der Waals surface area contributed by atoms with Gasteiger partial charge in [-0.15, -0.1) is 0 Å². The summed E-state index contributed by atoms with van der Waals surface area (Å²) in [6.45, 7) is 3.98. The fourth-order valence-electron chi connectivity index (χ4n) is 4.78. The third kappa shape index (κ3) is 3.34. The number of hydrogen-bond acceptors (Lipinski definition) is 5. The van der Waals surface area contributed by atoms with Crippen LogP contribution >= 0.6 is 0 Å². The number of aliphatic hydroxyl groups excluding tert-OH is 2. The lowest BCUT2D eigenvalue weighted by atomic mass is 9.97. The highest BCUT2D eigenvalue weighted by atomic mass is 19.1. The molecule has 5 atom stereocenters. The number of fused-ring (bicyclic) bond motifs is 1. The third-order valence-electron chi connectivity index (χ3n) is 6.73. The van der Waals surface area contributed by atoms with Crippen molar-refractivity contribution in [3.8, 4) is 11.1 Å². The quantitative estimate of drug-likeness (QED) is 0.441. The van der Waals surface area contributed by atoms with E-state index in [9.17, 15) is 14.6 Å². The number of anilines is 2. The van der Waals surface area contributed by atoms with Crippen LogP contribution in [0.2, 0.25) is 0 Å². The Balaban J connectivity index is 1.73. The maximum Gasteiger partial charge on any atom is 0.146 e. The molecule has 0 bridgehead atoms. The molecule has 0 radical (unpaired) electrons. The van der Waals surface area contributed by atoms with Gasteiger partial charge in [-0.05, 0) is 41.7 Å². The van der Waals surface area contributed by atoms with E-state index in [1.807, 2.05) is 54.9 Å². The normalized spacial score (nSPS) is 25.3. The smallest absolute Gasteiger partial charge is 0.146 e. The Morgan fingerprint density at radius 1 is 0.906 bits per heavy atom. The van der Waals surface area contributed by atoms with Gasteiger partial charge in [0.25, 0.3) is 0 Å². The molecule has 2 aromatic heterocycles. The van der Waals surface area contributed by atoms with Crippen LogP contribution in [0.1, 0.15) is 19.9 Å². The highest BCUT2D eigenvalue weighted by Crippen LogP contribution is 2.44. The molecule has 1 aliphatic rings. The Kier molecular flexibility index (Phi) is 5.15. The average Bonchev–Trinajstić information content (AvgIpc) is 3.27. The van der Waals surface area contributed by atoms with Gasteiger partial charge in [0.15, 0.2) is 0 Å². The first-order valence-electron chi connectivity index (χ1n) is 10.8. The lowest BCUT2D eigenvalue weighted by Gasteiger charge is -2.22. The van der Waals surface area contributed by atoms with Crippen molar-refractivity contribution in [1.29, 1.82) is 0 Å². The molecular weight excluding hydrogens is 407 g/mol. The zero-order chi connectivity index (χ0) is 22.4. The number of aliphatic hydroxyl groups is 2. The van der Waals surface area contributed by atoms with Gasteiger partial charge < -0.3 is 20.1 Å². The summed E-state index contributed by atoms with van der Waals surface area (Å²) < 4.78 is 15.6. The number of para-hydroxylation sites is 1. The molecule has 3 N–H and O–H groups in total. The minimum absolute atomic E-state index is 0.0252. The van der Waals surface area contributed by atoms with Crippen LogP contribution in [-0.4, -0.2) is 37.0 Å². The molecule has 5 rings (SSSR count). The monoisotopic (exact) mass is 432 g/mol. The molecule has 0 saturated heterocycles. The van der Waals surface area contributed by atoms with Gasteiger partial charge in [-0.2, -0.15) is 0 Å². The Hall–Kier alpha value is -3.29. The molecule has 0 aliphatic heterocycles. The van der Waals surface area contributed by atoms with Crippen LogP contribution in [0.15, 0.2) is 67.1 Å². The molecule has 1 saturated carbocycles. The summed E-state index contributed by atoms with van der Waals surface area (Å²) in [6.07, 6.45) is 1.69. The fraction of sp³-hybridized carbons (Fsp3) is 0.280. The van der Waals surface area contributed by atoms with Gasteiger partial charge in [0.1, 0.15) is 29.7 Å². The van der Waals surface area contributed by atoms with E-state index >= 15 is 0 Å². The maximum atomic E-state index is 13.6. The second kappa shape index (κ2) is 8.00. The van der Waals surface area contributed by atoms with Crippen molar-refractivity contribution in [1.82, 2.24) is 14.5 Å². The second-order valence-electron chi connectivity index (χ2n) is 8.56. The van der Waals surface area contributed by atoms with Crippen molar-refractivity contribution in [2.75, 3.05) is 5.32 Å². The van der Waals surface area contributed by atoms with Gasteiger partial charge in [-0.1, -0.05) is 44.2 Å². The maximum absolute atomic E-state index is 13.6. The van der Waals surface area contributed by atoms with E-state index in [1.165, 1.54) is 18.5 Å². The van der Waals surface area contributed by atoms with Gasteiger partial charge >= 0.3 is 0 Å². The van der Waals surface area contributed by atoms with Gasteiger partial charge in [-0.3, -0.25) is 0 Å². The molecule has 4 unspecified atom stereocenters. The van der Waals surface area contributed by atoms with Crippen LogP contribution in [0.25, 0.3) is 22.2 Å². The van der Waals surface area contributed by atoms with Gasteiger partial charge in [0.05, 0.1) is 17.5 Å². The second-order valence-corrected chi connectivity index (χ2v) is 8.56. The molecule has 6 nitrogen and oxygen atoms in total. The standard InChI is InChI=1S/C25H25FN4O2/c1-14-15(2)22(31)23(32)21(14)30-12-19(16-8-10-17(26)11-9-16)20-24(27-13-28-25(20)30)29-18-6-4-3-5-7-18/h3-15,21-23,31-32H,1-2H3,(H,27,28,29)/t14-,15?,21?,22?,23?/m0/s1. The van der Waals surface area contributed by atoms with Crippen LogP contribution in [0.5, 0.6) is 0 Å². The summed E-state index contributed by atoms with van der Waals surface area (Å²) in [5, 5.41) is 25.5. The van der Waals surface area contributed by atoms with E-state index in [0.717, 1.165) is 22.2 Å². The van der Waals surface area contributed by atoms with Crippen LogP contribution in [-0.2, 0) is 0 Å². The predicted molar refractivity (Wildman–Crippen MR) is 122 cm³/mol. The van der Waals surface area contributed by atoms with Crippen LogP contribution in [0.3, 0.4) is 0 Å². The first-order valence-corrected chi connectivity index (χ1v) is 10.8. The number of nitrogens with zero attached hydrogens (tertiary/aromatic N) is 3. The Labute approximate surface area is 185 Å². The van der Waals surface area contributed by atoms with Crippen molar-refractivity contribution >= 4 is 22.5 Å². The first kappa shape index (κ1) is 20.6. The molecular formula is C25H25FN4O2. The van der Waals surface area contributed by atoms with Crippen molar-refractivity contribution in [3.05, 3.63) is 72.9 Å². The molecule has 0 spiro atoms. The van der Waals surface area contributed by atoms with Gasteiger partial charge in [0, 0.05) is 17.4 Å². The first-order chi connectivity index (χ1) is 15.5. The highest BCUT2D eigenvalue weighted by Gasteiger charge is 2.46. The minimum atomic E-state index is -0.919. The largest absolute Gasteiger partial charge is 0.390 e. The Bertz CT molecular complexity index is 1230. The number of benzene rings is 2. The predicted octanol–water partition coefficient (Wildman–Crippen LogP) is 4.53. The summed E-state index contributed by atoms with van der Waals surface area (Å²) in [4.78, 5) is 9.05. The SMILES string of the molecule is CC1C(O)C(O)C(n2cc(-c3ccc(F)cc3)c3c(Nc4ccccc4)ncnc32)[C@H]1C. The van der Waals surface area contributed by atoms with Crippen molar-refractivity contribution in [2.24, 2.45) is 11.8 Å². The highest BCUT2D eigenvalue weighted by molar-refractivity contribution is 6.02. The summed E-state index contributed by atoms with van der Waals surface area (Å²) in [5.41, 5.74) is 3.17. The number of nitrogens with one attached hydrogen (secondary N) is 1. The lowest BCUT2D eigenvalue weighted by molar-refractivity contribution is 0.00972. The summed E-state index contributed by atoms with van der Waals surface area (Å²) >= 11 is 0. The Morgan fingerprint density at radius 3 is 2.28 bits per heavy atom. The summed E-state index contributed by atoms with van der Waals surface area (Å²) in [5.74, 6) is 0.267. The molecule has 32 heavy (non-hydrogen) atoms. The molecule has 1 fully saturated rings. The van der Waals surface area contributed by atoms with E-state index < -0.39 is 12.2 Å². The molecule has 4 aromatic rings. The van der Waals surface area contributed by atoms with E-state index in [-0.39, 0.29) is 23.7 Å². The van der Waals surface area contributed by atoms with Gasteiger partial charge in [-0.25, -0.2) is 14.4 Å². The van der Waals surface area contributed by atoms with Crippen molar-refractivity contribution < 1.29 is 14.6 Å². The zero-order valence-electron chi connectivity index (χ0n) is 17.9. The summed E-state index contributed by atoms with van der Waals surface area (Å²) in [6, 6.07) is 15.6. The summed E-state index contributed by atoms with van der Waals surface area (Å²) in [7, 11) is 0. The zero-order valence-corrected chi connectivity index (χ0v) is 17.9. The number of aromatic nitrogens is 3. The number of rotatable bonds is 4. The molecule has 0 amide bonds. The molecule has 7 heteroatoms. The molecule has 2 heterocycles. The van der Waals surface area contributed by atoms with E-state index in [1.54, 1.807) is 12.1 Å². The number of hydrogen-bond donors (Lipinski definition) is 3. The fourth-order valence-corrected chi connectivity index (χ4v) is 4.78. The van der Waals surface area contributed by atoms with E-state index in [4.69, 9.17) is 0 Å². The van der Waals surface area contributed by atoms with Crippen LogP contribution in [0.4, 0.5) is 15.9 Å². The molecule has 1 aliphatic carbocycles. The lowest BCUT2D eigenvalue weighted by Crippen LogP contribution is -2.29. The Morgan fingerprint density at radius 2 is 1.62 bits per heavy atom. The van der Waals surface area contributed by atoms with E-state index in [0.29, 0.717) is 11.5 Å². The topological polar surface area (TPSA) is 83.2 Å². The van der Waals surface area contributed by atoms with Crippen molar-refractivity contribution in [2.45, 2.75) is 32.1 Å². The average molecular weight is 432 g/mol.